The molecule has 2 N–H and O–H groups in total. The van der Waals surface area contributed by atoms with Crippen molar-refractivity contribution in [1.29, 1.82) is 0 Å². The van der Waals surface area contributed by atoms with Crippen molar-refractivity contribution in [2.75, 3.05) is 11.1 Å². The van der Waals surface area contributed by atoms with Crippen molar-refractivity contribution in [3.63, 3.8) is 0 Å². The predicted octanol–water partition coefficient (Wildman–Crippen LogP) is 4.49. The first-order valence-corrected chi connectivity index (χ1v) is 12.1. The summed E-state index contributed by atoms with van der Waals surface area (Å²) in [6, 6.07) is 14.8. The van der Waals surface area contributed by atoms with E-state index in [0.717, 1.165) is 18.4 Å². The molecule has 2 atom stereocenters. The summed E-state index contributed by atoms with van der Waals surface area (Å²) in [6.45, 7) is 7.17. The molecule has 3 amide bonds. The molecule has 0 aliphatic heterocycles. The number of benzene rings is 2. The number of carbonyl (C=O) groups is 3. The molecule has 8 heteroatoms. The molecule has 0 bridgehead atoms. The maximum absolute atomic E-state index is 13.7. The summed E-state index contributed by atoms with van der Waals surface area (Å²) < 4.78 is 5.33. The van der Waals surface area contributed by atoms with Crippen LogP contribution in [-0.2, 0) is 14.3 Å². The van der Waals surface area contributed by atoms with Gasteiger partial charge in [0.25, 0.3) is 5.91 Å². The Morgan fingerprint density at radius 1 is 1.06 bits per heavy atom. The number of para-hydroxylation sites is 1. The maximum Gasteiger partial charge on any atom is 0.408 e. The molecule has 0 radical (unpaired) electrons. The molecule has 1 aliphatic carbocycles. The van der Waals surface area contributed by atoms with E-state index in [9.17, 15) is 14.4 Å². The fraction of sp³-hybridized carbons (Fsp3) is 0.423. The summed E-state index contributed by atoms with van der Waals surface area (Å²) in [5, 5.41) is 5.62. The second-order valence-electron chi connectivity index (χ2n) is 9.48. The zero-order valence-corrected chi connectivity index (χ0v) is 21.0. The van der Waals surface area contributed by atoms with Gasteiger partial charge in [0.2, 0.25) is 5.91 Å². The fourth-order valence-corrected chi connectivity index (χ4v) is 3.92. The van der Waals surface area contributed by atoms with Gasteiger partial charge in [-0.1, -0.05) is 48.5 Å². The highest BCUT2D eigenvalue weighted by Gasteiger charge is 2.43. The standard InChI is InChI=1S/C26H33N3O4S/c1-17-10-8-9-13-20(17)27-23(30)22(18-11-6-5-7-12-18)29(19-14-15-19)24(31)21(16-34)28-25(32)33-26(2,3)4/h5-13,19,21-22,34H,14-16H2,1-4H3,(H,27,30)(H,28,32). The Hall–Kier alpha value is -3.00. The van der Waals surface area contributed by atoms with Crippen LogP contribution in [0.1, 0.15) is 50.8 Å². The minimum Gasteiger partial charge on any atom is -0.444 e. The van der Waals surface area contributed by atoms with Crippen molar-refractivity contribution in [3.05, 3.63) is 65.7 Å². The van der Waals surface area contributed by atoms with Gasteiger partial charge in [-0.25, -0.2) is 4.79 Å². The third-order valence-corrected chi connectivity index (χ3v) is 5.78. The molecule has 1 fully saturated rings. The van der Waals surface area contributed by atoms with Crippen LogP contribution in [0, 0.1) is 6.92 Å². The maximum atomic E-state index is 13.7. The molecule has 182 valence electrons. The van der Waals surface area contributed by atoms with E-state index < -0.39 is 23.8 Å². The molecule has 1 aliphatic rings. The van der Waals surface area contributed by atoms with E-state index in [0.29, 0.717) is 11.3 Å². The fourth-order valence-electron chi connectivity index (χ4n) is 3.67. The molecule has 2 aromatic carbocycles. The molecular weight excluding hydrogens is 450 g/mol. The Labute approximate surface area is 206 Å². The number of amides is 3. The summed E-state index contributed by atoms with van der Waals surface area (Å²) in [4.78, 5) is 41.3. The van der Waals surface area contributed by atoms with Gasteiger partial charge in [-0.2, -0.15) is 12.6 Å². The second-order valence-corrected chi connectivity index (χ2v) is 9.84. The lowest BCUT2D eigenvalue weighted by molar-refractivity contribution is -0.141. The molecule has 34 heavy (non-hydrogen) atoms. The highest BCUT2D eigenvalue weighted by Crippen LogP contribution is 2.36. The van der Waals surface area contributed by atoms with Crippen LogP contribution in [0.15, 0.2) is 54.6 Å². The first-order valence-electron chi connectivity index (χ1n) is 11.4. The lowest BCUT2D eigenvalue weighted by Gasteiger charge is -2.34. The summed E-state index contributed by atoms with van der Waals surface area (Å²) in [5.41, 5.74) is 1.61. The van der Waals surface area contributed by atoms with Crippen molar-refractivity contribution in [2.45, 2.75) is 64.3 Å². The number of hydrogen-bond donors (Lipinski definition) is 3. The first kappa shape index (κ1) is 25.6. The molecule has 0 saturated heterocycles. The number of rotatable bonds is 8. The number of hydrogen-bond acceptors (Lipinski definition) is 5. The number of aryl methyl sites for hydroxylation is 1. The average Bonchev–Trinajstić information content (AvgIpc) is 3.61. The average molecular weight is 484 g/mol. The molecule has 3 rings (SSSR count). The zero-order valence-electron chi connectivity index (χ0n) is 20.1. The smallest absolute Gasteiger partial charge is 0.408 e. The topological polar surface area (TPSA) is 87.7 Å². The van der Waals surface area contributed by atoms with Gasteiger partial charge in [-0.15, -0.1) is 0 Å². The third kappa shape index (κ3) is 6.76. The van der Waals surface area contributed by atoms with Gasteiger partial charge in [-0.05, 0) is 57.7 Å². The van der Waals surface area contributed by atoms with Crippen LogP contribution >= 0.6 is 12.6 Å². The van der Waals surface area contributed by atoms with Crippen LogP contribution in [0.4, 0.5) is 10.5 Å². The summed E-state index contributed by atoms with van der Waals surface area (Å²) in [5.74, 6) is -0.601. The summed E-state index contributed by atoms with van der Waals surface area (Å²) in [7, 11) is 0. The SMILES string of the molecule is Cc1ccccc1NC(=O)C(c1ccccc1)N(C(=O)C(CS)NC(=O)OC(C)(C)C)C1CC1. The number of alkyl carbamates (subject to hydrolysis) is 1. The molecule has 1 saturated carbocycles. The number of carbonyl (C=O) groups excluding carboxylic acids is 3. The largest absolute Gasteiger partial charge is 0.444 e. The van der Waals surface area contributed by atoms with Gasteiger partial charge in [0.15, 0.2) is 0 Å². The Morgan fingerprint density at radius 2 is 1.68 bits per heavy atom. The number of ether oxygens (including phenoxy) is 1. The Kier molecular flexibility index (Phi) is 8.25. The minimum absolute atomic E-state index is 0.0716. The van der Waals surface area contributed by atoms with Gasteiger partial charge >= 0.3 is 6.09 Å². The molecule has 2 aromatic rings. The zero-order chi connectivity index (χ0) is 24.9. The van der Waals surface area contributed by atoms with E-state index in [1.54, 1.807) is 25.7 Å². The van der Waals surface area contributed by atoms with Gasteiger partial charge in [-0.3, -0.25) is 9.59 Å². The van der Waals surface area contributed by atoms with Gasteiger partial charge < -0.3 is 20.3 Å². The minimum atomic E-state index is -0.934. The van der Waals surface area contributed by atoms with Crippen molar-refractivity contribution in [2.24, 2.45) is 0 Å². The normalized spacial score (nSPS) is 15.1. The van der Waals surface area contributed by atoms with Crippen LogP contribution < -0.4 is 10.6 Å². The molecule has 2 unspecified atom stereocenters. The Balaban J connectivity index is 1.91. The van der Waals surface area contributed by atoms with Crippen LogP contribution in [0.5, 0.6) is 0 Å². The van der Waals surface area contributed by atoms with Gasteiger partial charge in [0.05, 0.1) is 0 Å². The number of anilines is 1. The van der Waals surface area contributed by atoms with E-state index in [1.807, 2.05) is 61.5 Å². The monoisotopic (exact) mass is 483 g/mol. The van der Waals surface area contributed by atoms with Crippen molar-refractivity contribution in [3.8, 4) is 0 Å². The number of thiol groups is 1. The second kappa shape index (κ2) is 11.0. The van der Waals surface area contributed by atoms with Crippen LogP contribution in [0.3, 0.4) is 0 Å². The van der Waals surface area contributed by atoms with Crippen molar-refractivity contribution >= 4 is 36.2 Å². The molecular formula is C26H33N3O4S. The first-order chi connectivity index (χ1) is 16.1. The quantitative estimate of drug-likeness (QED) is 0.483. The van der Waals surface area contributed by atoms with Crippen LogP contribution in [-0.4, -0.2) is 46.2 Å². The van der Waals surface area contributed by atoms with Crippen LogP contribution in [0.2, 0.25) is 0 Å². The molecule has 0 aromatic heterocycles. The van der Waals surface area contributed by atoms with E-state index >= 15 is 0 Å². The summed E-state index contributed by atoms with van der Waals surface area (Å²) >= 11 is 4.31. The predicted molar refractivity (Wildman–Crippen MR) is 136 cm³/mol. The lowest BCUT2D eigenvalue weighted by atomic mass is 10.0. The highest BCUT2D eigenvalue weighted by atomic mass is 32.1. The van der Waals surface area contributed by atoms with Crippen molar-refractivity contribution in [1.82, 2.24) is 10.2 Å². The molecule has 7 nitrogen and oxygen atoms in total. The number of nitrogens with zero attached hydrogens (tertiary/aromatic N) is 1. The highest BCUT2D eigenvalue weighted by molar-refractivity contribution is 7.80. The van der Waals surface area contributed by atoms with E-state index in [4.69, 9.17) is 4.74 Å². The molecule has 0 spiro atoms. The van der Waals surface area contributed by atoms with Crippen molar-refractivity contribution < 1.29 is 19.1 Å². The van der Waals surface area contributed by atoms with E-state index in [2.05, 4.69) is 23.3 Å². The van der Waals surface area contributed by atoms with E-state index in [-0.39, 0.29) is 23.6 Å². The molecule has 0 heterocycles. The van der Waals surface area contributed by atoms with Gasteiger partial charge in [0, 0.05) is 17.5 Å². The Morgan fingerprint density at radius 3 is 2.24 bits per heavy atom. The summed E-state index contributed by atoms with van der Waals surface area (Å²) in [6.07, 6.45) is 0.882. The third-order valence-electron chi connectivity index (χ3n) is 5.41. The Bertz CT molecular complexity index is 1020. The van der Waals surface area contributed by atoms with Crippen LogP contribution in [0.25, 0.3) is 0 Å². The van der Waals surface area contributed by atoms with E-state index in [1.165, 1.54) is 0 Å². The lowest BCUT2D eigenvalue weighted by Crippen LogP contribution is -2.54. The van der Waals surface area contributed by atoms with Gasteiger partial charge in [0.1, 0.15) is 17.7 Å². The number of nitrogens with one attached hydrogen (secondary N) is 2.